The summed E-state index contributed by atoms with van der Waals surface area (Å²) in [6, 6.07) is 1.77. The minimum Gasteiger partial charge on any atom is -0.394 e. The van der Waals surface area contributed by atoms with E-state index in [1.165, 1.54) is 10.7 Å². The van der Waals surface area contributed by atoms with Gasteiger partial charge >= 0.3 is 6.03 Å². The molecule has 184 valence electrons. The number of ether oxygens (including phenoxy) is 1. The van der Waals surface area contributed by atoms with Gasteiger partial charge in [-0.05, 0) is 36.5 Å². The Morgan fingerprint density at radius 2 is 2.06 bits per heavy atom. The summed E-state index contributed by atoms with van der Waals surface area (Å²) < 4.78 is 34.1. The molecule has 0 aliphatic carbocycles. The first-order valence-electron chi connectivity index (χ1n) is 11.5. The zero-order chi connectivity index (χ0) is 24.6. The van der Waals surface area contributed by atoms with Crippen molar-refractivity contribution < 1.29 is 28.2 Å². The average molecular weight is 477 g/mol. The summed E-state index contributed by atoms with van der Waals surface area (Å²) in [5.74, 6) is -2.23. The SMILES string of the molecule is CC(C)(C)[C@H](NC(=O)n1nc(-c2ccc(F)c(F)c2)c2c1CCOC2)C(=O)N1CCC[C@@H]1CO. The first kappa shape index (κ1) is 24.3. The van der Waals surface area contributed by atoms with Gasteiger partial charge in [-0.2, -0.15) is 9.78 Å². The molecular formula is C24H30F2N4O4. The number of carbonyl (C=O) groups is 2. The van der Waals surface area contributed by atoms with Crippen molar-refractivity contribution in [2.45, 2.75) is 58.7 Å². The third-order valence-electron chi connectivity index (χ3n) is 6.46. The number of nitrogens with one attached hydrogen (secondary N) is 1. The molecule has 2 atom stereocenters. The maximum absolute atomic E-state index is 13.9. The first-order chi connectivity index (χ1) is 16.1. The quantitative estimate of drug-likeness (QED) is 0.708. The van der Waals surface area contributed by atoms with Crippen LogP contribution in [0.3, 0.4) is 0 Å². The largest absolute Gasteiger partial charge is 0.394 e. The van der Waals surface area contributed by atoms with E-state index < -0.39 is 29.1 Å². The Balaban J connectivity index is 1.67. The highest BCUT2D eigenvalue weighted by atomic mass is 19.2. The normalized spacial score (nSPS) is 19.1. The Morgan fingerprint density at radius 1 is 1.29 bits per heavy atom. The maximum Gasteiger partial charge on any atom is 0.343 e. The van der Waals surface area contributed by atoms with Crippen LogP contribution in [-0.2, 0) is 22.6 Å². The highest BCUT2D eigenvalue weighted by Crippen LogP contribution is 2.31. The van der Waals surface area contributed by atoms with E-state index >= 15 is 0 Å². The molecule has 4 rings (SSSR count). The molecule has 0 bridgehead atoms. The van der Waals surface area contributed by atoms with Crippen LogP contribution in [0.15, 0.2) is 18.2 Å². The molecule has 0 spiro atoms. The van der Waals surface area contributed by atoms with Crippen LogP contribution in [0.2, 0.25) is 0 Å². The molecule has 0 unspecified atom stereocenters. The molecule has 2 aliphatic heterocycles. The number of fused-ring (bicyclic) bond motifs is 1. The van der Waals surface area contributed by atoms with Gasteiger partial charge in [0.15, 0.2) is 11.6 Å². The van der Waals surface area contributed by atoms with Crippen molar-refractivity contribution >= 4 is 11.9 Å². The number of aliphatic hydroxyl groups is 1. The molecular weight excluding hydrogens is 446 g/mol. The minimum atomic E-state index is -1.01. The lowest BCUT2D eigenvalue weighted by Crippen LogP contribution is -2.57. The van der Waals surface area contributed by atoms with E-state index in [9.17, 15) is 23.5 Å². The monoisotopic (exact) mass is 476 g/mol. The van der Waals surface area contributed by atoms with E-state index in [1.54, 1.807) is 4.90 Å². The molecule has 1 saturated heterocycles. The van der Waals surface area contributed by atoms with E-state index in [0.29, 0.717) is 42.1 Å². The van der Waals surface area contributed by atoms with E-state index in [2.05, 4.69) is 10.4 Å². The van der Waals surface area contributed by atoms with Crippen LogP contribution in [0.25, 0.3) is 11.3 Å². The minimum absolute atomic E-state index is 0.124. The second-order valence-corrected chi connectivity index (χ2v) is 9.88. The number of aromatic nitrogens is 2. The molecule has 2 amide bonds. The number of carbonyl (C=O) groups excluding carboxylic acids is 2. The zero-order valence-electron chi connectivity index (χ0n) is 19.6. The fourth-order valence-corrected chi connectivity index (χ4v) is 4.59. The number of nitrogens with zero attached hydrogens (tertiary/aromatic N) is 3. The van der Waals surface area contributed by atoms with Crippen LogP contribution in [0.5, 0.6) is 0 Å². The van der Waals surface area contributed by atoms with Crippen molar-refractivity contribution in [3.05, 3.63) is 41.1 Å². The van der Waals surface area contributed by atoms with Gasteiger partial charge in [0, 0.05) is 24.1 Å². The van der Waals surface area contributed by atoms with Gasteiger partial charge in [0.2, 0.25) is 5.91 Å². The maximum atomic E-state index is 13.9. The van der Waals surface area contributed by atoms with Crippen molar-refractivity contribution in [1.29, 1.82) is 0 Å². The fraction of sp³-hybridized carbons (Fsp3) is 0.542. The van der Waals surface area contributed by atoms with Crippen molar-refractivity contribution in [3.8, 4) is 11.3 Å². The highest BCUT2D eigenvalue weighted by molar-refractivity contribution is 5.89. The number of hydrogen-bond donors (Lipinski definition) is 2. The third kappa shape index (κ3) is 4.56. The van der Waals surface area contributed by atoms with Crippen molar-refractivity contribution in [2.75, 3.05) is 19.8 Å². The van der Waals surface area contributed by atoms with Crippen LogP contribution in [0.4, 0.5) is 13.6 Å². The van der Waals surface area contributed by atoms with Crippen LogP contribution < -0.4 is 5.32 Å². The Morgan fingerprint density at radius 3 is 2.74 bits per heavy atom. The number of rotatable bonds is 4. The number of hydrogen-bond acceptors (Lipinski definition) is 5. The van der Waals surface area contributed by atoms with Crippen LogP contribution >= 0.6 is 0 Å². The Kier molecular flexibility index (Phi) is 6.73. The number of halogens is 2. The van der Waals surface area contributed by atoms with Crippen molar-refractivity contribution in [2.24, 2.45) is 5.41 Å². The molecule has 2 aliphatic rings. The van der Waals surface area contributed by atoms with Crippen LogP contribution in [-0.4, -0.2) is 63.6 Å². The molecule has 1 fully saturated rings. The van der Waals surface area contributed by atoms with Gasteiger partial charge in [-0.25, -0.2) is 13.6 Å². The standard InChI is InChI=1S/C24H30F2N4O4/c1-24(2,3)21(22(32)29-9-4-5-15(29)12-31)27-23(33)30-19-8-10-34-13-16(19)20(28-30)14-6-7-17(25)18(26)11-14/h6-7,11,15,21,31H,4-5,8-10,12-13H2,1-3H3,(H,27,33)/t15-,21-/m1/s1. The lowest BCUT2D eigenvalue weighted by atomic mass is 9.85. The fourth-order valence-electron chi connectivity index (χ4n) is 4.59. The number of likely N-dealkylation sites (tertiary alicyclic amines) is 1. The summed E-state index contributed by atoms with van der Waals surface area (Å²) in [5, 5.41) is 16.9. The molecule has 2 N–H and O–H groups in total. The van der Waals surface area contributed by atoms with Gasteiger partial charge < -0.3 is 20.1 Å². The van der Waals surface area contributed by atoms with Gasteiger partial charge in [-0.3, -0.25) is 4.79 Å². The zero-order valence-corrected chi connectivity index (χ0v) is 19.6. The summed E-state index contributed by atoms with van der Waals surface area (Å²) in [5.41, 5.74) is 1.30. The number of benzene rings is 1. The van der Waals surface area contributed by atoms with E-state index in [4.69, 9.17) is 4.74 Å². The molecule has 2 aromatic rings. The smallest absolute Gasteiger partial charge is 0.343 e. The van der Waals surface area contributed by atoms with Gasteiger partial charge in [-0.15, -0.1) is 0 Å². The molecule has 10 heteroatoms. The topological polar surface area (TPSA) is 96.7 Å². The Hall–Kier alpha value is -2.85. The van der Waals surface area contributed by atoms with Crippen LogP contribution in [0, 0.1) is 17.0 Å². The average Bonchev–Trinajstić information content (AvgIpc) is 3.43. The van der Waals surface area contributed by atoms with E-state index in [0.717, 1.165) is 25.0 Å². The number of aliphatic hydroxyl groups excluding tert-OH is 1. The Bertz CT molecular complexity index is 1100. The summed E-state index contributed by atoms with van der Waals surface area (Å²) in [6.07, 6.45) is 1.93. The van der Waals surface area contributed by atoms with Crippen molar-refractivity contribution in [1.82, 2.24) is 20.0 Å². The summed E-state index contributed by atoms with van der Waals surface area (Å²) in [6.45, 7) is 6.56. The van der Waals surface area contributed by atoms with Gasteiger partial charge in [-0.1, -0.05) is 20.8 Å². The predicted octanol–water partition coefficient (Wildman–Crippen LogP) is 2.86. The highest BCUT2D eigenvalue weighted by Gasteiger charge is 2.40. The predicted molar refractivity (Wildman–Crippen MR) is 120 cm³/mol. The molecule has 1 aromatic heterocycles. The molecule has 1 aromatic carbocycles. The molecule has 0 saturated carbocycles. The molecule has 34 heavy (non-hydrogen) atoms. The van der Waals surface area contributed by atoms with E-state index in [1.807, 2.05) is 20.8 Å². The summed E-state index contributed by atoms with van der Waals surface area (Å²) in [4.78, 5) is 28.4. The second kappa shape index (κ2) is 9.42. The van der Waals surface area contributed by atoms with Crippen molar-refractivity contribution in [3.63, 3.8) is 0 Å². The molecule has 8 nitrogen and oxygen atoms in total. The second-order valence-electron chi connectivity index (χ2n) is 9.88. The Labute approximate surface area is 196 Å². The van der Waals surface area contributed by atoms with Gasteiger partial charge in [0.05, 0.1) is 37.3 Å². The summed E-state index contributed by atoms with van der Waals surface area (Å²) >= 11 is 0. The lowest BCUT2D eigenvalue weighted by Gasteiger charge is -2.35. The number of amides is 2. The van der Waals surface area contributed by atoms with Crippen LogP contribution in [0.1, 0.15) is 44.9 Å². The molecule has 3 heterocycles. The third-order valence-corrected chi connectivity index (χ3v) is 6.46. The van der Waals surface area contributed by atoms with Gasteiger partial charge in [0.25, 0.3) is 0 Å². The van der Waals surface area contributed by atoms with E-state index in [-0.39, 0.29) is 25.2 Å². The lowest BCUT2D eigenvalue weighted by molar-refractivity contribution is -0.137. The first-order valence-corrected chi connectivity index (χ1v) is 11.5. The summed E-state index contributed by atoms with van der Waals surface area (Å²) in [7, 11) is 0. The molecule has 0 radical (unpaired) electrons. The van der Waals surface area contributed by atoms with Gasteiger partial charge in [0.1, 0.15) is 6.04 Å².